The van der Waals surface area contributed by atoms with Gasteiger partial charge < -0.3 is 0 Å². The van der Waals surface area contributed by atoms with Gasteiger partial charge in [-0.25, -0.2) is 9.69 Å². The lowest BCUT2D eigenvalue weighted by atomic mass is 10.0. The topological polar surface area (TPSA) is 66.5 Å². The van der Waals surface area contributed by atoms with Crippen LogP contribution in [0.5, 0.6) is 0 Å². The molecule has 1 fully saturated rings. The highest BCUT2D eigenvalue weighted by molar-refractivity contribution is 6.39. The molecule has 2 aromatic carbocycles. The van der Waals surface area contributed by atoms with Gasteiger partial charge in [0.05, 0.1) is 5.69 Å². The van der Waals surface area contributed by atoms with Crippen LogP contribution in [-0.2, 0) is 16.0 Å². The molecular weight excluding hydrogens is 340 g/mol. The van der Waals surface area contributed by atoms with Crippen molar-refractivity contribution in [2.24, 2.45) is 0 Å². The van der Waals surface area contributed by atoms with Crippen molar-refractivity contribution in [3.8, 4) is 0 Å². The van der Waals surface area contributed by atoms with E-state index in [9.17, 15) is 14.4 Å². The summed E-state index contributed by atoms with van der Waals surface area (Å²) in [7, 11) is 0. The van der Waals surface area contributed by atoms with Crippen LogP contribution in [-0.4, -0.2) is 17.8 Å². The van der Waals surface area contributed by atoms with Gasteiger partial charge in [0.1, 0.15) is 5.57 Å². The van der Waals surface area contributed by atoms with E-state index in [4.69, 9.17) is 11.6 Å². The number of hydrogen-bond acceptors (Lipinski definition) is 3. The fraction of sp³-hybridized carbons (Fsp3) is 0.105. The van der Waals surface area contributed by atoms with Crippen molar-refractivity contribution in [1.29, 1.82) is 0 Å². The van der Waals surface area contributed by atoms with Crippen LogP contribution in [0.15, 0.2) is 54.1 Å². The molecule has 0 unspecified atom stereocenters. The number of aryl methyl sites for hydroxylation is 1. The Morgan fingerprint density at radius 3 is 2.24 bits per heavy atom. The number of imide groups is 2. The molecule has 0 saturated carbocycles. The molecule has 0 radical (unpaired) electrons. The number of barbiturate groups is 1. The highest BCUT2D eigenvalue weighted by Gasteiger charge is 2.36. The van der Waals surface area contributed by atoms with Gasteiger partial charge in [0.25, 0.3) is 11.8 Å². The third kappa shape index (κ3) is 3.46. The summed E-state index contributed by atoms with van der Waals surface area (Å²) in [5.41, 5.74) is 2.10. The van der Waals surface area contributed by atoms with E-state index in [1.165, 1.54) is 6.08 Å². The van der Waals surface area contributed by atoms with Crippen LogP contribution in [0.2, 0.25) is 5.02 Å². The second kappa shape index (κ2) is 6.91. The number of carbonyl (C=O) groups excluding carboxylic acids is 3. The van der Waals surface area contributed by atoms with E-state index in [0.29, 0.717) is 16.3 Å². The van der Waals surface area contributed by atoms with Gasteiger partial charge in [-0.3, -0.25) is 14.9 Å². The number of benzene rings is 2. The van der Waals surface area contributed by atoms with E-state index >= 15 is 0 Å². The zero-order valence-electron chi connectivity index (χ0n) is 13.5. The summed E-state index contributed by atoms with van der Waals surface area (Å²) in [6.07, 6.45) is 2.38. The lowest BCUT2D eigenvalue weighted by molar-refractivity contribution is -0.122. The van der Waals surface area contributed by atoms with Crippen molar-refractivity contribution in [1.82, 2.24) is 5.32 Å². The molecule has 25 heavy (non-hydrogen) atoms. The van der Waals surface area contributed by atoms with Crippen LogP contribution in [0.25, 0.3) is 6.08 Å². The SMILES string of the molecule is CCc1ccc(/C=C2/C(=O)NC(=O)N(c3ccc(Cl)cc3)C2=O)cc1. The maximum atomic E-state index is 12.7. The minimum Gasteiger partial charge on any atom is -0.273 e. The summed E-state index contributed by atoms with van der Waals surface area (Å²) >= 11 is 5.84. The number of anilines is 1. The fourth-order valence-corrected chi connectivity index (χ4v) is 2.62. The van der Waals surface area contributed by atoms with E-state index in [1.807, 2.05) is 31.2 Å². The van der Waals surface area contributed by atoms with Gasteiger partial charge >= 0.3 is 6.03 Å². The monoisotopic (exact) mass is 354 g/mol. The lowest BCUT2D eigenvalue weighted by Gasteiger charge is -2.26. The molecule has 3 rings (SSSR count). The number of hydrogen-bond donors (Lipinski definition) is 1. The second-order valence-electron chi connectivity index (χ2n) is 5.53. The van der Waals surface area contributed by atoms with Crippen molar-refractivity contribution in [3.63, 3.8) is 0 Å². The van der Waals surface area contributed by atoms with Gasteiger partial charge in [-0.15, -0.1) is 0 Å². The van der Waals surface area contributed by atoms with Crippen molar-refractivity contribution >= 4 is 41.2 Å². The van der Waals surface area contributed by atoms with Crippen LogP contribution in [0.1, 0.15) is 18.1 Å². The predicted molar refractivity (Wildman–Crippen MR) is 96.3 cm³/mol. The second-order valence-corrected chi connectivity index (χ2v) is 5.97. The van der Waals surface area contributed by atoms with Crippen molar-refractivity contribution in [2.45, 2.75) is 13.3 Å². The molecule has 0 aromatic heterocycles. The van der Waals surface area contributed by atoms with Gasteiger partial charge in [-0.05, 0) is 47.9 Å². The molecule has 1 saturated heterocycles. The first-order valence-corrected chi connectivity index (χ1v) is 8.13. The summed E-state index contributed by atoms with van der Waals surface area (Å²) < 4.78 is 0. The Morgan fingerprint density at radius 2 is 1.64 bits per heavy atom. The highest BCUT2D eigenvalue weighted by atomic mass is 35.5. The van der Waals surface area contributed by atoms with Crippen LogP contribution >= 0.6 is 11.6 Å². The number of urea groups is 1. The predicted octanol–water partition coefficient (Wildman–Crippen LogP) is 3.57. The van der Waals surface area contributed by atoms with Crippen LogP contribution in [0.4, 0.5) is 10.5 Å². The number of halogens is 1. The smallest absolute Gasteiger partial charge is 0.273 e. The van der Waals surface area contributed by atoms with E-state index in [0.717, 1.165) is 16.9 Å². The number of rotatable bonds is 3. The van der Waals surface area contributed by atoms with E-state index < -0.39 is 17.8 Å². The van der Waals surface area contributed by atoms with Gasteiger partial charge in [0, 0.05) is 5.02 Å². The standard InChI is InChI=1S/C19H15ClN2O3/c1-2-12-3-5-13(6-4-12)11-16-17(23)21-19(25)22(18(16)24)15-9-7-14(20)8-10-15/h3-11H,2H2,1H3,(H,21,23,25)/b16-11-. The Hall–Kier alpha value is -2.92. The molecule has 6 heteroatoms. The first-order chi connectivity index (χ1) is 12.0. The summed E-state index contributed by atoms with van der Waals surface area (Å²) in [5, 5.41) is 2.67. The number of nitrogens with zero attached hydrogens (tertiary/aromatic N) is 1. The third-order valence-corrected chi connectivity index (χ3v) is 4.14. The first-order valence-electron chi connectivity index (χ1n) is 7.75. The molecule has 0 bridgehead atoms. The van der Waals surface area contributed by atoms with Crippen LogP contribution in [0.3, 0.4) is 0 Å². The Bertz CT molecular complexity index is 871. The number of nitrogens with one attached hydrogen (secondary N) is 1. The molecule has 0 atom stereocenters. The van der Waals surface area contributed by atoms with E-state index in [2.05, 4.69) is 5.32 Å². The summed E-state index contributed by atoms with van der Waals surface area (Å²) in [6, 6.07) is 13.0. The number of amides is 4. The molecule has 0 spiro atoms. The zero-order valence-corrected chi connectivity index (χ0v) is 14.2. The Labute approximate surface area is 149 Å². The van der Waals surface area contributed by atoms with Crippen molar-refractivity contribution in [2.75, 3.05) is 4.90 Å². The molecule has 1 heterocycles. The molecule has 5 nitrogen and oxygen atoms in total. The zero-order chi connectivity index (χ0) is 18.0. The highest BCUT2D eigenvalue weighted by Crippen LogP contribution is 2.23. The average molecular weight is 355 g/mol. The molecule has 4 amide bonds. The lowest BCUT2D eigenvalue weighted by Crippen LogP contribution is -2.54. The molecular formula is C19H15ClN2O3. The summed E-state index contributed by atoms with van der Waals surface area (Å²) in [4.78, 5) is 37.8. The normalized spacial score (nSPS) is 16.3. The van der Waals surface area contributed by atoms with Gasteiger partial charge in [0.2, 0.25) is 0 Å². The van der Waals surface area contributed by atoms with Gasteiger partial charge in [-0.2, -0.15) is 0 Å². The fourth-order valence-electron chi connectivity index (χ4n) is 2.50. The van der Waals surface area contributed by atoms with E-state index in [1.54, 1.807) is 24.3 Å². The maximum Gasteiger partial charge on any atom is 0.335 e. The number of carbonyl (C=O) groups is 3. The van der Waals surface area contributed by atoms with E-state index in [-0.39, 0.29) is 5.57 Å². The molecule has 1 aliphatic heterocycles. The minimum absolute atomic E-state index is 0.0983. The quantitative estimate of drug-likeness (QED) is 0.677. The largest absolute Gasteiger partial charge is 0.335 e. The van der Waals surface area contributed by atoms with Crippen LogP contribution < -0.4 is 10.2 Å². The average Bonchev–Trinajstić information content (AvgIpc) is 2.60. The molecule has 2 aromatic rings. The summed E-state index contributed by atoms with van der Waals surface area (Å²) in [6.45, 7) is 2.04. The molecule has 1 N–H and O–H groups in total. The third-order valence-electron chi connectivity index (χ3n) is 3.89. The van der Waals surface area contributed by atoms with Crippen molar-refractivity contribution < 1.29 is 14.4 Å². The minimum atomic E-state index is -0.782. The van der Waals surface area contributed by atoms with Crippen molar-refractivity contribution in [3.05, 3.63) is 70.3 Å². The Morgan fingerprint density at radius 1 is 1.00 bits per heavy atom. The Balaban J connectivity index is 1.97. The maximum absolute atomic E-state index is 12.7. The van der Waals surface area contributed by atoms with Gasteiger partial charge in [0.15, 0.2) is 0 Å². The first kappa shape index (κ1) is 16.9. The molecule has 1 aliphatic rings. The van der Waals surface area contributed by atoms with Gasteiger partial charge in [-0.1, -0.05) is 42.8 Å². The molecule has 0 aliphatic carbocycles. The Kier molecular flexibility index (Phi) is 4.67. The molecule has 126 valence electrons. The summed E-state index contributed by atoms with van der Waals surface area (Å²) in [5.74, 6) is -1.38. The van der Waals surface area contributed by atoms with Crippen LogP contribution in [0, 0.1) is 0 Å².